The molecular weight excluding hydrogens is 248 g/mol. The number of non-ortho nitro benzene ring substituents is 1. The Morgan fingerprint density at radius 1 is 1.42 bits per heavy atom. The lowest BCUT2D eigenvalue weighted by Crippen LogP contribution is -2.23. The molecule has 2 N–H and O–H groups in total. The summed E-state index contributed by atoms with van der Waals surface area (Å²) in [5.74, 6) is 0. The van der Waals surface area contributed by atoms with E-state index in [1.54, 1.807) is 13.1 Å². The molecule has 0 atom stereocenters. The topological polar surface area (TPSA) is 104 Å². The molecule has 2 aromatic rings. The number of hydrogen-bond acceptors (Lipinski definition) is 5. The van der Waals surface area contributed by atoms with Crippen LogP contribution < -0.4 is 11.3 Å². The van der Waals surface area contributed by atoms with E-state index in [9.17, 15) is 14.9 Å². The molecule has 0 aliphatic carbocycles. The van der Waals surface area contributed by atoms with Crippen molar-refractivity contribution in [1.29, 1.82) is 0 Å². The van der Waals surface area contributed by atoms with Crippen molar-refractivity contribution in [1.82, 2.24) is 9.78 Å². The molecule has 0 radical (unpaired) electrons. The van der Waals surface area contributed by atoms with E-state index in [2.05, 4.69) is 5.10 Å². The number of nitro groups is 1. The van der Waals surface area contributed by atoms with Crippen LogP contribution in [-0.4, -0.2) is 14.7 Å². The fourth-order valence-corrected chi connectivity index (χ4v) is 1.65. The Kier molecular flexibility index (Phi) is 3.28. The molecule has 1 heterocycles. The summed E-state index contributed by atoms with van der Waals surface area (Å²) in [6.07, 6.45) is 1.55. The van der Waals surface area contributed by atoms with Crippen molar-refractivity contribution < 1.29 is 4.92 Å². The van der Waals surface area contributed by atoms with Crippen molar-refractivity contribution in [3.05, 3.63) is 62.1 Å². The zero-order valence-electron chi connectivity index (χ0n) is 10.2. The zero-order chi connectivity index (χ0) is 14.0. The van der Waals surface area contributed by atoms with Crippen molar-refractivity contribution >= 4 is 11.4 Å². The van der Waals surface area contributed by atoms with Crippen LogP contribution in [0.4, 0.5) is 11.4 Å². The first-order valence-electron chi connectivity index (χ1n) is 5.54. The molecule has 98 valence electrons. The van der Waals surface area contributed by atoms with E-state index in [0.29, 0.717) is 11.3 Å². The van der Waals surface area contributed by atoms with Crippen LogP contribution in [0, 0.1) is 17.0 Å². The van der Waals surface area contributed by atoms with E-state index < -0.39 is 4.92 Å². The number of rotatable bonds is 3. The molecule has 2 rings (SSSR count). The third-order valence-electron chi connectivity index (χ3n) is 2.66. The van der Waals surface area contributed by atoms with Gasteiger partial charge in [-0.15, -0.1) is 0 Å². The average Bonchev–Trinajstić information content (AvgIpc) is 2.34. The van der Waals surface area contributed by atoms with Crippen molar-refractivity contribution in [2.45, 2.75) is 13.5 Å². The lowest BCUT2D eigenvalue weighted by atomic mass is 10.1. The number of aromatic nitrogens is 2. The molecule has 0 amide bonds. The fourth-order valence-electron chi connectivity index (χ4n) is 1.65. The third-order valence-corrected chi connectivity index (χ3v) is 2.66. The van der Waals surface area contributed by atoms with E-state index in [1.807, 2.05) is 0 Å². The molecule has 0 saturated heterocycles. The number of nitrogens with two attached hydrogens (primary N) is 1. The maximum atomic E-state index is 11.7. The van der Waals surface area contributed by atoms with Gasteiger partial charge in [-0.2, -0.15) is 5.10 Å². The first-order valence-corrected chi connectivity index (χ1v) is 5.54. The van der Waals surface area contributed by atoms with Gasteiger partial charge in [0.1, 0.15) is 0 Å². The molecule has 1 aromatic carbocycles. The van der Waals surface area contributed by atoms with Gasteiger partial charge in [0.15, 0.2) is 0 Å². The first kappa shape index (κ1) is 12.7. The molecule has 0 unspecified atom stereocenters. The number of benzene rings is 1. The number of nitrogen functional groups attached to an aromatic ring is 1. The van der Waals surface area contributed by atoms with Crippen molar-refractivity contribution in [2.75, 3.05) is 5.73 Å². The highest BCUT2D eigenvalue weighted by atomic mass is 16.6. The van der Waals surface area contributed by atoms with Gasteiger partial charge in [-0.3, -0.25) is 14.9 Å². The molecule has 0 saturated carbocycles. The van der Waals surface area contributed by atoms with E-state index in [1.165, 1.54) is 28.9 Å². The Morgan fingerprint density at radius 2 is 2.16 bits per heavy atom. The second-order valence-electron chi connectivity index (χ2n) is 4.17. The Bertz CT molecular complexity index is 694. The summed E-state index contributed by atoms with van der Waals surface area (Å²) in [6.45, 7) is 1.87. The molecule has 1 aromatic heterocycles. The van der Waals surface area contributed by atoms with Crippen LogP contribution in [0.5, 0.6) is 0 Å². The van der Waals surface area contributed by atoms with E-state index in [-0.39, 0.29) is 17.8 Å². The van der Waals surface area contributed by atoms with Crippen LogP contribution in [0.25, 0.3) is 0 Å². The van der Waals surface area contributed by atoms with Gasteiger partial charge >= 0.3 is 0 Å². The summed E-state index contributed by atoms with van der Waals surface area (Å²) in [7, 11) is 0. The normalized spacial score (nSPS) is 10.4. The average molecular weight is 260 g/mol. The maximum Gasteiger partial charge on any atom is 0.269 e. The highest BCUT2D eigenvalue weighted by Gasteiger charge is 2.10. The molecule has 19 heavy (non-hydrogen) atoms. The summed E-state index contributed by atoms with van der Waals surface area (Å²) < 4.78 is 1.21. The Hall–Kier alpha value is -2.70. The van der Waals surface area contributed by atoms with Crippen LogP contribution in [0.15, 0.2) is 35.3 Å². The van der Waals surface area contributed by atoms with Gasteiger partial charge in [-0.05, 0) is 18.6 Å². The predicted octanol–water partition coefficient (Wildman–Crippen LogP) is 1.09. The molecule has 7 nitrogen and oxygen atoms in total. The van der Waals surface area contributed by atoms with E-state index in [0.717, 1.165) is 5.56 Å². The minimum atomic E-state index is -0.506. The van der Waals surface area contributed by atoms with Gasteiger partial charge in [0.2, 0.25) is 0 Å². The summed E-state index contributed by atoms with van der Waals surface area (Å²) >= 11 is 0. The van der Waals surface area contributed by atoms with Gasteiger partial charge < -0.3 is 5.73 Å². The van der Waals surface area contributed by atoms with Crippen LogP contribution in [0.3, 0.4) is 0 Å². The Labute approximate surface area is 108 Å². The largest absolute Gasteiger partial charge is 0.398 e. The van der Waals surface area contributed by atoms with Gasteiger partial charge in [0, 0.05) is 29.4 Å². The highest BCUT2D eigenvalue weighted by molar-refractivity contribution is 5.52. The third kappa shape index (κ3) is 2.76. The van der Waals surface area contributed by atoms with Crippen LogP contribution in [0.1, 0.15) is 11.1 Å². The summed E-state index contributed by atoms with van der Waals surface area (Å²) in [5, 5.41) is 14.7. The van der Waals surface area contributed by atoms with Crippen molar-refractivity contribution in [3.63, 3.8) is 0 Å². The standard InChI is InChI=1S/C12H12N4O3/c1-8-4-12(17)15(14-6-8)7-9-5-10(16(18)19)2-3-11(9)13/h2-6H,7,13H2,1H3. The Morgan fingerprint density at radius 3 is 2.79 bits per heavy atom. The number of nitro benzene ring substituents is 1. The van der Waals surface area contributed by atoms with E-state index >= 15 is 0 Å². The minimum absolute atomic E-state index is 0.0654. The summed E-state index contributed by atoms with van der Waals surface area (Å²) in [4.78, 5) is 21.9. The Balaban J connectivity index is 2.40. The molecule has 7 heteroatoms. The van der Waals surface area contributed by atoms with Crippen molar-refractivity contribution in [2.24, 2.45) is 0 Å². The second-order valence-corrected chi connectivity index (χ2v) is 4.17. The molecule has 0 aliphatic heterocycles. The van der Waals surface area contributed by atoms with Gasteiger partial charge in [0.25, 0.3) is 11.2 Å². The van der Waals surface area contributed by atoms with Crippen LogP contribution in [-0.2, 0) is 6.54 Å². The van der Waals surface area contributed by atoms with Crippen LogP contribution >= 0.6 is 0 Å². The van der Waals surface area contributed by atoms with E-state index in [4.69, 9.17) is 5.73 Å². The van der Waals surface area contributed by atoms with Gasteiger partial charge in [0.05, 0.1) is 17.7 Å². The second kappa shape index (κ2) is 4.89. The molecule has 0 aliphatic rings. The fraction of sp³-hybridized carbons (Fsp3) is 0.167. The molecule has 0 fully saturated rings. The SMILES string of the molecule is Cc1cnn(Cc2cc([N+](=O)[O-])ccc2N)c(=O)c1. The zero-order valence-corrected chi connectivity index (χ0v) is 10.2. The lowest BCUT2D eigenvalue weighted by molar-refractivity contribution is -0.384. The first-order chi connectivity index (χ1) is 8.97. The monoisotopic (exact) mass is 260 g/mol. The number of nitrogens with zero attached hydrogens (tertiary/aromatic N) is 3. The number of aryl methyl sites for hydroxylation is 1. The van der Waals surface area contributed by atoms with Crippen LogP contribution in [0.2, 0.25) is 0 Å². The molecule has 0 spiro atoms. The lowest BCUT2D eigenvalue weighted by Gasteiger charge is -2.07. The predicted molar refractivity (Wildman–Crippen MR) is 69.8 cm³/mol. The highest BCUT2D eigenvalue weighted by Crippen LogP contribution is 2.19. The molecular formula is C12H12N4O3. The van der Waals surface area contributed by atoms with Crippen molar-refractivity contribution in [3.8, 4) is 0 Å². The number of hydrogen-bond donors (Lipinski definition) is 1. The maximum absolute atomic E-state index is 11.7. The summed E-state index contributed by atoms with van der Waals surface area (Å²) in [6, 6.07) is 5.57. The van der Waals surface area contributed by atoms with Gasteiger partial charge in [-0.1, -0.05) is 0 Å². The smallest absolute Gasteiger partial charge is 0.269 e. The van der Waals surface area contributed by atoms with Gasteiger partial charge in [-0.25, -0.2) is 4.68 Å². The number of anilines is 1. The minimum Gasteiger partial charge on any atom is -0.398 e. The quantitative estimate of drug-likeness (QED) is 0.505. The summed E-state index contributed by atoms with van der Waals surface area (Å²) in [5.41, 5.74) is 7.05. The molecule has 0 bridgehead atoms.